The molecule has 2 aromatic rings. The van der Waals surface area contributed by atoms with E-state index in [0.29, 0.717) is 18.5 Å². The van der Waals surface area contributed by atoms with Crippen molar-refractivity contribution in [3.63, 3.8) is 0 Å². The van der Waals surface area contributed by atoms with E-state index in [9.17, 15) is 14.4 Å². The molecule has 0 spiro atoms. The van der Waals surface area contributed by atoms with Gasteiger partial charge in [-0.05, 0) is 30.2 Å². The molecule has 0 radical (unpaired) electrons. The van der Waals surface area contributed by atoms with Crippen molar-refractivity contribution in [3.8, 4) is 5.69 Å². The van der Waals surface area contributed by atoms with Gasteiger partial charge in [-0.3, -0.25) is 24.6 Å². The van der Waals surface area contributed by atoms with Gasteiger partial charge in [0.25, 0.3) is 5.91 Å². The van der Waals surface area contributed by atoms with Gasteiger partial charge in [0.15, 0.2) is 0 Å². The summed E-state index contributed by atoms with van der Waals surface area (Å²) in [7, 11) is 0. The third-order valence-corrected chi connectivity index (χ3v) is 5.80. The van der Waals surface area contributed by atoms with E-state index >= 15 is 0 Å². The van der Waals surface area contributed by atoms with Crippen LogP contribution >= 0.6 is 0 Å². The number of carbonyl (C=O) groups is 3. The van der Waals surface area contributed by atoms with Crippen LogP contribution in [0.25, 0.3) is 5.69 Å². The molecule has 1 aromatic heterocycles. The quantitative estimate of drug-likeness (QED) is 0.699. The third kappa shape index (κ3) is 3.48. The van der Waals surface area contributed by atoms with Crippen LogP contribution in [0.1, 0.15) is 34.5 Å². The molecule has 3 aliphatic heterocycles. The first-order valence-corrected chi connectivity index (χ1v) is 10.1. The smallest absolute Gasteiger partial charge is 0.255 e. The molecule has 5 rings (SSSR count). The summed E-state index contributed by atoms with van der Waals surface area (Å²) in [6.07, 6.45) is 2.49. The molecule has 156 valence electrons. The summed E-state index contributed by atoms with van der Waals surface area (Å²) in [5, 5.41) is 10.8. The van der Waals surface area contributed by atoms with Crippen LogP contribution in [0.2, 0.25) is 0 Å². The van der Waals surface area contributed by atoms with E-state index < -0.39 is 11.9 Å². The van der Waals surface area contributed by atoms with Crippen LogP contribution in [-0.2, 0) is 27.4 Å². The Morgan fingerprint density at radius 2 is 2.00 bits per heavy atom. The highest BCUT2D eigenvalue weighted by Gasteiger charge is 2.39. The van der Waals surface area contributed by atoms with Crippen LogP contribution in [-0.4, -0.2) is 74.9 Å². The SMILES string of the molecule is O=C1CCC(N2Cc3cc(-n4cc(CN5CCOCC5)nn4)ccc3C2=O)C(=O)N1. The molecule has 1 unspecified atom stereocenters. The van der Waals surface area contributed by atoms with Crippen molar-refractivity contribution >= 4 is 17.7 Å². The van der Waals surface area contributed by atoms with Crippen molar-refractivity contribution in [2.24, 2.45) is 0 Å². The lowest BCUT2D eigenvalue weighted by Crippen LogP contribution is -2.52. The fourth-order valence-corrected chi connectivity index (χ4v) is 4.19. The Hall–Kier alpha value is -3.11. The summed E-state index contributed by atoms with van der Waals surface area (Å²) in [5.74, 6) is -0.879. The van der Waals surface area contributed by atoms with Crippen molar-refractivity contribution in [1.82, 2.24) is 30.1 Å². The van der Waals surface area contributed by atoms with Gasteiger partial charge in [-0.1, -0.05) is 5.21 Å². The summed E-state index contributed by atoms with van der Waals surface area (Å²) in [6.45, 7) is 4.28. The van der Waals surface area contributed by atoms with Crippen LogP contribution in [0, 0.1) is 0 Å². The van der Waals surface area contributed by atoms with E-state index in [4.69, 9.17) is 4.74 Å². The van der Waals surface area contributed by atoms with Crippen LogP contribution in [0.15, 0.2) is 24.4 Å². The van der Waals surface area contributed by atoms with Gasteiger partial charge in [-0.25, -0.2) is 4.68 Å². The first-order valence-electron chi connectivity index (χ1n) is 10.1. The molecule has 4 heterocycles. The van der Waals surface area contributed by atoms with Gasteiger partial charge >= 0.3 is 0 Å². The number of amides is 3. The fourth-order valence-electron chi connectivity index (χ4n) is 4.19. The largest absolute Gasteiger partial charge is 0.379 e. The lowest BCUT2D eigenvalue weighted by Gasteiger charge is -2.29. The van der Waals surface area contributed by atoms with Crippen molar-refractivity contribution in [2.75, 3.05) is 26.3 Å². The van der Waals surface area contributed by atoms with Crippen molar-refractivity contribution in [1.29, 1.82) is 0 Å². The minimum absolute atomic E-state index is 0.183. The first-order chi connectivity index (χ1) is 14.6. The Morgan fingerprint density at radius 3 is 2.80 bits per heavy atom. The van der Waals surface area contributed by atoms with Crippen molar-refractivity contribution in [3.05, 3.63) is 41.2 Å². The van der Waals surface area contributed by atoms with Crippen molar-refractivity contribution < 1.29 is 19.1 Å². The zero-order valence-corrected chi connectivity index (χ0v) is 16.4. The van der Waals surface area contributed by atoms with Gasteiger partial charge in [0.05, 0.1) is 30.8 Å². The first kappa shape index (κ1) is 18.9. The van der Waals surface area contributed by atoms with E-state index in [1.807, 2.05) is 18.3 Å². The lowest BCUT2D eigenvalue weighted by atomic mass is 10.0. The summed E-state index contributed by atoms with van der Waals surface area (Å²) in [4.78, 5) is 40.2. The van der Waals surface area contributed by atoms with Crippen LogP contribution in [0.3, 0.4) is 0 Å². The topological polar surface area (TPSA) is 110 Å². The highest BCUT2D eigenvalue weighted by atomic mass is 16.5. The lowest BCUT2D eigenvalue weighted by molar-refractivity contribution is -0.136. The van der Waals surface area contributed by atoms with Gasteiger partial charge < -0.3 is 9.64 Å². The number of hydrogen-bond donors (Lipinski definition) is 1. The zero-order chi connectivity index (χ0) is 20.7. The predicted molar refractivity (Wildman–Crippen MR) is 104 cm³/mol. The number of nitrogens with zero attached hydrogens (tertiary/aromatic N) is 5. The van der Waals surface area contributed by atoms with E-state index in [1.54, 1.807) is 15.6 Å². The Bertz CT molecular complexity index is 1010. The summed E-state index contributed by atoms with van der Waals surface area (Å²) >= 11 is 0. The van der Waals surface area contributed by atoms with Gasteiger partial charge in [0, 0.05) is 38.2 Å². The van der Waals surface area contributed by atoms with E-state index in [-0.39, 0.29) is 18.2 Å². The monoisotopic (exact) mass is 410 g/mol. The highest BCUT2D eigenvalue weighted by Crippen LogP contribution is 2.29. The summed E-state index contributed by atoms with van der Waals surface area (Å²) in [5.41, 5.74) is 3.11. The number of morpholine rings is 1. The number of piperidine rings is 1. The molecule has 1 atom stereocenters. The molecule has 0 aliphatic carbocycles. The minimum Gasteiger partial charge on any atom is -0.379 e. The standard InChI is InChI=1S/C20H22N6O4/c27-18-4-3-17(19(28)21-18)25-10-13-9-15(1-2-16(13)20(25)29)26-12-14(22-23-26)11-24-5-7-30-8-6-24/h1-2,9,12,17H,3-8,10-11H2,(H,21,27,28). The molecule has 3 aliphatic rings. The normalized spacial score (nSPS) is 22.3. The Morgan fingerprint density at radius 1 is 1.17 bits per heavy atom. The Kier molecular flexibility index (Phi) is 4.80. The average Bonchev–Trinajstić information content (AvgIpc) is 3.33. The Labute approximate surface area is 172 Å². The second-order valence-electron chi connectivity index (χ2n) is 7.78. The molecule has 30 heavy (non-hydrogen) atoms. The molecule has 2 fully saturated rings. The molecular weight excluding hydrogens is 388 g/mol. The second kappa shape index (κ2) is 7.62. The summed E-state index contributed by atoms with van der Waals surface area (Å²) in [6, 6.07) is 4.89. The van der Waals surface area contributed by atoms with Crippen LogP contribution < -0.4 is 5.32 Å². The number of carbonyl (C=O) groups excluding carboxylic acids is 3. The second-order valence-corrected chi connectivity index (χ2v) is 7.78. The molecule has 0 bridgehead atoms. The maximum atomic E-state index is 12.8. The Balaban J connectivity index is 1.32. The van der Waals surface area contributed by atoms with E-state index in [0.717, 1.165) is 49.8 Å². The number of ether oxygens (including phenoxy) is 1. The molecule has 10 heteroatoms. The minimum atomic E-state index is -0.613. The fraction of sp³-hybridized carbons (Fsp3) is 0.450. The molecule has 3 amide bonds. The summed E-state index contributed by atoms with van der Waals surface area (Å²) < 4.78 is 7.08. The van der Waals surface area contributed by atoms with Gasteiger partial charge in [-0.15, -0.1) is 5.10 Å². The zero-order valence-electron chi connectivity index (χ0n) is 16.4. The van der Waals surface area contributed by atoms with Gasteiger partial charge in [-0.2, -0.15) is 0 Å². The van der Waals surface area contributed by atoms with Gasteiger partial charge in [0.1, 0.15) is 6.04 Å². The molecule has 0 saturated carbocycles. The van der Waals surface area contributed by atoms with Crippen LogP contribution in [0.4, 0.5) is 0 Å². The number of nitrogens with one attached hydrogen (secondary N) is 1. The van der Waals surface area contributed by atoms with E-state index in [2.05, 4.69) is 20.5 Å². The average molecular weight is 410 g/mol. The number of fused-ring (bicyclic) bond motifs is 1. The molecular formula is C20H22N6O4. The maximum absolute atomic E-state index is 12.8. The third-order valence-electron chi connectivity index (χ3n) is 5.80. The molecule has 1 aromatic carbocycles. The molecule has 10 nitrogen and oxygen atoms in total. The molecule has 1 N–H and O–H groups in total. The van der Waals surface area contributed by atoms with Gasteiger partial charge in [0.2, 0.25) is 11.8 Å². The van der Waals surface area contributed by atoms with Crippen LogP contribution in [0.5, 0.6) is 0 Å². The number of aromatic nitrogens is 3. The van der Waals surface area contributed by atoms with E-state index in [1.165, 1.54) is 0 Å². The van der Waals surface area contributed by atoms with Crippen molar-refractivity contribution in [2.45, 2.75) is 32.0 Å². The predicted octanol–water partition coefficient (Wildman–Crippen LogP) is -0.139. The number of benzene rings is 1. The highest BCUT2D eigenvalue weighted by molar-refractivity contribution is 6.05. The maximum Gasteiger partial charge on any atom is 0.255 e. The molecule has 2 saturated heterocycles. The number of rotatable bonds is 4. The number of imide groups is 1. The number of hydrogen-bond acceptors (Lipinski definition) is 7.